The Labute approximate surface area is 206 Å². The molecule has 186 valence electrons. The van der Waals surface area contributed by atoms with Gasteiger partial charge in [-0.3, -0.25) is 9.59 Å². The first-order valence-corrected chi connectivity index (χ1v) is 10.9. The topological polar surface area (TPSA) is 167 Å². The molecule has 0 radical (unpaired) electrons. The molecule has 1 aromatic heterocycles. The van der Waals surface area contributed by atoms with Gasteiger partial charge in [0.05, 0.1) is 22.5 Å². The Hall–Kier alpha value is -4.94. The number of benzene rings is 2. The Morgan fingerprint density at radius 2 is 1.89 bits per heavy atom. The first kappa shape index (κ1) is 25.7. The molecule has 13 nitrogen and oxygen atoms in total. The summed E-state index contributed by atoms with van der Waals surface area (Å²) < 4.78 is 5.57. The lowest BCUT2D eigenvalue weighted by Gasteiger charge is -2.10. The summed E-state index contributed by atoms with van der Waals surface area (Å²) in [6.45, 7) is 4.12. The summed E-state index contributed by atoms with van der Waals surface area (Å²) in [6.07, 6.45) is 2.38. The zero-order valence-corrected chi connectivity index (χ0v) is 19.6. The van der Waals surface area contributed by atoms with Crippen molar-refractivity contribution < 1.29 is 19.2 Å². The summed E-state index contributed by atoms with van der Waals surface area (Å²) in [5.41, 5.74) is 3.68. The van der Waals surface area contributed by atoms with Crippen LogP contribution in [-0.2, 0) is 11.3 Å². The van der Waals surface area contributed by atoms with Gasteiger partial charge in [0.2, 0.25) is 0 Å². The van der Waals surface area contributed by atoms with Gasteiger partial charge in [-0.05, 0) is 54.2 Å². The lowest BCUT2D eigenvalue weighted by atomic mass is 10.1. The van der Waals surface area contributed by atoms with E-state index < -0.39 is 22.7 Å². The summed E-state index contributed by atoms with van der Waals surface area (Å²) in [7, 11) is 0. The Balaban J connectivity index is 1.76. The van der Waals surface area contributed by atoms with Gasteiger partial charge in [0.1, 0.15) is 18.0 Å². The monoisotopic (exact) mass is 492 g/mol. The number of ether oxygens (including phenoxy) is 1. The van der Waals surface area contributed by atoms with E-state index in [2.05, 4.69) is 31.3 Å². The molecule has 2 aromatic carbocycles. The largest absolute Gasteiger partial charge is 0.514 e. The van der Waals surface area contributed by atoms with E-state index in [-0.39, 0.29) is 12.2 Å². The second kappa shape index (κ2) is 12.5. The lowest BCUT2D eigenvalue weighted by molar-refractivity contribution is -0.394. The minimum atomic E-state index is -0.771. The molecule has 0 aliphatic heterocycles. The van der Waals surface area contributed by atoms with Crippen LogP contribution in [0.15, 0.2) is 65.4 Å². The second-order valence-electron chi connectivity index (χ2n) is 7.46. The number of nitrogens with one attached hydrogen (secondary N) is 2. The van der Waals surface area contributed by atoms with Crippen molar-refractivity contribution in [2.45, 2.75) is 26.8 Å². The molecule has 2 amide bonds. The van der Waals surface area contributed by atoms with Crippen LogP contribution in [0.25, 0.3) is 6.08 Å². The molecular formula is C23H24N8O5. The maximum Gasteiger partial charge on any atom is 0.514 e. The summed E-state index contributed by atoms with van der Waals surface area (Å²) in [6, 6.07) is 15.5. The van der Waals surface area contributed by atoms with Crippen molar-refractivity contribution in [3.63, 3.8) is 0 Å². The fraction of sp³-hybridized carbons (Fsp3) is 0.217. The average Bonchev–Trinajstić information content (AvgIpc) is 3.35. The predicted octanol–water partition coefficient (Wildman–Crippen LogP) is 2.33. The van der Waals surface area contributed by atoms with Crippen molar-refractivity contribution in [3.8, 4) is 5.75 Å². The van der Waals surface area contributed by atoms with Crippen LogP contribution in [0.3, 0.4) is 0 Å². The highest BCUT2D eigenvalue weighted by molar-refractivity contribution is 6.05. The zero-order valence-electron chi connectivity index (χ0n) is 19.6. The second-order valence-corrected chi connectivity index (χ2v) is 7.46. The van der Waals surface area contributed by atoms with Gasteiger partial charge in [-0.2, -0.15) is 5.10 Å². The molecule has 0 spiro atoms. The van der Waals surface area contributed by atoms with Gasteiger partial charge in [-0.15, -0.1) is 0 Å². The molecule has 0 aliphatic rings. The van der Waals surface area contributed by atoms with Crippen molar-refractivity contribution >= 4 is 29.6 Å². The normalized spacial score (nSPS) is 11.6. The Morgan fingerprint density at radius 1 is 1.17 bits per heavy atom. The fourth-order valence-electron chi connectivity index (χ4n) is 2.81. The van der Waals surface area contributed by atoms with Crippen molar-refractivity contribution in [1.29, 1.82) is 0 Å². The van der Waals surface area contributed by atoms with Gasteiger partial charge in [0, 0.05) is 10.8 Å². The first-order chi connectivity index (χ1) is 17.4. The minimum absolute atomic E-state index is 0.0443. The van der Waals surface area contributed by atoms with Gasteiger partial charge in [-0.1, -0.05) is 42.1 Å². The molecule has 0 unspecified atom stereocenters. The van der Waals surface area contributed by atoms with Crippen LogP contribution < -0.4 is 15.5 Å². The van der Waals surface area contributed by atoms with Gasteiger partial charge in [0.25, 0.3) is 11.8 Å². The van der Waals surface area contributed by atoms with Crippen LogP contribution in [0, 0.1) is 10.1 Å². The van der Waals surface area contributed by atoms with E-state index in [0.29, 0.717) is 29.2 Å². The van der Waals surface area contributed by atoms with Crippen molar-refractivity contribution in [2.75, 3.05) is 6.61 Å². The number of nitro groups is 1. The SMILES string of the molecule is CCCOc1ccc(/C=C(/NC(=O)c2ccccc2)C(=O)N/N=C(/C)Cn2nnc([N+](=O)[O-])n2)cc1. The number of hydrogen-bond donors (Lipinski definition) is 2. The van der Waals surface area contributed by atoms with E-state index in [1.165, 1.54) is 6.08 Å². The number of nitrogens with zero attached hydrogens (tertiary/aromatic N) is 6. The zero-order chi connectivity index (χ0) is 25.9. The highest BCUT2D eigenvalue weighted by atomic mass is 16.6. The summed E-state index contributed by atoms with van der Waals surface area (Å²) >= 11 is 0. The molecule has 0 saturated heterocycles. The third kappa shape index (κ3) is 7.55. The lowest BCUT2D eigenvalue weighted by Crippen LogP contribution is -2.33. The number of carbonyl (C=O) groups is 2. The van der Waals surface area contributed by atoms with Crippen LogP contribution in [0.1, 0.15) is 36.2 Å². The highest BCUT2D eigenvalue weighted by Gasteiger charge is 2.17. The molecule has 3 aromatic rings. The maximum atomic E-state index is 12.9. The summed E-state index contributed by atoms with van der Waals surface area (Å²) in [5.74, 6) is -1.11. The summed E-state index contributed by atoms with van der Waals surface area (Å²) in [5, 5.41) is 27.7. The van der Waals surface area contributed by atoms with Crippen LogP contribution in [0.2, 0.25) is 0 Å². The molecule has 13 heteroatoms. The van der Waals surface area contributed by atoms with Gasteiger partial charge >= 0.3 is 5.95 Å². The number of hydrogen-bond acceptors (Lipinski definition) is 9. The molecule has 0 fully saturated rings. The number of carbonyl (C=O) groups excluding carboxylic acids is 2. The molecule has 0 atom stereocenters. The smallest absolute Gasteiger partial charge is 0.494 e. The van der Waals surface area contributed by atoms with E-state index in [0.717, 1.165) is 11.2 Å². The molecule has 36 heavy (non-hydrogen) atoms. The number of tetrazole rings is 1. The van der Waals surface area contributed by atoms with E-state index in [1.54, 1.807) is 61.5 Å². The van der Waals surface area contributed by atoms with Crippen molar-refractivity contribution in [3.05, 3.63) is 81.5 Å². The standard InChI is InChI=1S/C23H24N8O5/c1-3-13-36-19-11-9-17(10-12-19)14-20(24-21(32)18-7-5-4-6-8-18)22(33)26-25-16(2)15-30-28-23(27-29-30)31(34)35/h4-12,14H,3,13,15H2,1-2H3,(H,24,32)(H,26,33)/b20-14+,25-16-. The summed E-state index contributed by atoms with van der Waals surface area (Å²) in [4.78, 5) is 36.5. The molecule has 0 bridgehead atoms. The third-order valence-electron chi connectivity index (χ3n) is 4.52. The molecule has 3 rings (SSSR count). The first-order valence-electron chi connectivity index (χ1n) is 10.9. The van der Waals surface area contributed by atoms with E-state index in [1.807, 2.05) is 6.92 Å². The van der Waals surface area contributed by atoms with Gasteiger partial charge < -0.3 is 20.2 Å². The van der Waals surface area contributed by atoms with E-state index in [9.17, 15) is 19.7 Å². The van der Waals surface area contributed by atoms with Gasteiger partial charge in [-0.25, -0.2) is 5.43 Å². The van der Waals surface area contributed by atoms with E-state index >= 15 is 0 Å². The van der Waals surface area contributed by atoms with E-state index in [4.69, 9.17) is 4.74 Å². The fourth-order valence-corrected chi connectivity index (χ4v) is 2.81. The quantitative estimate of drug-likeness (QED) is 0.178. The Morgan fingerprint density at radius 3 is 2.53 bits per heavy atom. The number of amides is 2. The maximum absolute atomic E-state index is 12.9. The van der Waals surface area contributed by atoms with Crippen molar-refractivity contribution in [2.24, 2.45) is 5.10 Å². The number of rotatable bonds is 11. The predicted molar refractivity (Wildman–Crippen MR) is 130 cm³/mol. The van der Waals surface area contributed by atoms with Gasteiger partial charge in [0.15, 0.2) is 0 Å². The van der Waals surface area contributed by atoms with Crippen molar-refractivity contribution in [1.82, 2.24) is 30.9 Å². The van der Waals surface area contributed by atoms with Crippen LogP contribution in [-0.4, -0.2) is 49.3 Å². The molecule has 0 aliphatic carbocycles. The molecule has 1 heterocycles. The molecule has 2 N–H and O–H groups in total. The molecule has 0 saturated carbocycles. The Bertz CT molecular complexity index is 1270. The van der Waals surface area contributed by atoms with Crippen LogP contribution in [0.4, 0.5) is 5.95 Å². The Kier molecular flexibility index (Phi) is 8.92. The van der Waals surface area contributed by atoms with Crippen LogP contribution >= 0.6 is 0 Å². The minimum Gasteiger partial charge on any atom is -0.494 e. The highest BCUT2D eigenvalue weighted by Crippen LogP contribution is 2.15. The third-order valence-corrected chi connectivity index (χ3v) is 4.52. The average molecular weight is 492 g/mol. The van der Waals surface area contributed by atoms with Crippen LogP contribution in [0.5, 0.6) is 5.75 Å². The number of aromatic nitrogens is 4. The molecular weight excluding hydrogens is 468 g/mol. The number of hydrazone groups is 1.